The summed E-state index contributed by atoms with van der Waals surface area (Å²) in [5.41, 5.74) is 1.56. The lowest BCUT2D eigenvalue weighted by Gasteiger charge is -2.03. The van der Waals surface area contributed by atoms with Gasteiger partial charge in [-0.2, -0.15) is 0 Å². The molecule has 1 N–H and O–H groups in total. The van der Waals surface area contributed by atoms with E-state index >= 15 is 0 Å². The molecule has 2 aromatic heterocycles. The van der Waals surface area contributed by atoms with Gasteiger partial charge in [-0.25, -0.2) is 22.7 Å². The normalized spacial score (nSPS) is 11.2. The lowest BCUT2D eigenvalue weighted by Crippen LogP contribution is -2.15. The molecule has 136 valence electrons. The average Bonchev–Trinajstić information content (AvgIpc) is 3.08. The molecule has 27 heavy (non-hydrogen) atoms. The number of aromatic nitrogens is 3. The Labute approximate surface area is 155 Å². The van der Waals surface area contributed by atoms with Gasteiger partial charge in [-0.3, -0.25) is 9.89 Å². The molecule has 0 amide bonds. The first-order valence-corrected chi connectivity index (χ1v) is 8.94. The fourth-order valence-electron chi connectivity index (χ4n) is 2.67. The summed E-state index contributed by atoms with van der Waals surface area (Å²) in [4.78, 5) is 16.8. The highest BCUT2D eigenvalue weighted by molar-refractivity contribution is 7.98. The van der Waals surface area contributed by atoms with E-state index in [1.807, 2.05) is 0 Å². The van der Waals surface area contributed by atoms with Crippen LogP contribution in [-0.2, 0) is 5.75 Å². The van der Waals surface area contributed by atoms with Gasteiger partial charge in [0, 0.05) is 28.3 Å². The number of benzene rings is 2. The zero-order valence-electron chi connectivity index (χ0n) is 13.7. The fourth-order valence-corrected chi connectivity index (χ4v) is 3.52. The van der Waals surface area contributed by atoms with E-state index in [4.69, 9.17) is 0 Å². The Morgan fingerprint density at radius 2 is 1.85 bits per heavy atom. The number of halogens is 3. The molecule has 0 aliphatic heterocycles. The van der Waals surface area contributed by atoms with Crippen molar-refractivity contribution in [3.8, 4) is 11.3 Å². The lowest BCUT2D eigenvalue weighted by molar-refractivity contribution is 0.491. The molecule has 0 radical (unpaired) electrons. The molecule has 4 aromatic rings. The van der Waals surface area contributed by atoms with Gasteiger partial charge < -0.3 is 0 Å². The zero-order chi connectivity index (χ0) is 19.0. The van der Waals surface area contributed by atoms with E-state index in [2.05, 4.69) is 10.1 Å². The highest BCUT2D eigenvalue weighted by Crippen LogP contribution is 2.26. The van der Waals surface area contributed by atoms with Gasteiger partial charge in [-0.05, 0) is 24.3 Å². The van der Waals surface area contributed by atoms with Crippen molar-refractivity contribution >= 4 is 17.4 Å². The van der Waals surface area contributed by atoms with Crippen molar-refractivity contribution in [3.63, 3.8) is 0 Å². The molecule has 0 fully saturated rings. The van der Waals surface area contributed by atoms with Crippen LogP contribution in [0.15, 0.2) is 64.3 Å². The number of hydrogen-bond acceptors (Lipinski definition) is 3. The summed E-state index contributed by atoms with van der Waals surface area (Å²) in [6.07, 6.45) is 0. The molecule has 8 heteroatoms. The van der Waals surface area contributed by atoms with Gasteiger partial charge in [-0.15, -0.1) is 11.8 Å². The van der Waals surface area contributed by atoms with Gasteiger partial charge in [0.2, 0.25) is 0 Å². The van der Waals surface area contributed by atoms with E-state index in [1.165, 1.54) is 34.8 Å². The van der Waals surface area contributed by atoms with Crippen LogP contribution in [0.4, 0.5) is 13.2 Å². The van der Waals surface area contributed by atoms with Crippen LogP contribution >= 0.6 is 11.8 Å². The molecule has 2 aromatic carbocycles. The standard InChI is InChI=1S/C19H12F3N3OS/c20-12-4-1-3-11(7-12)15-9-17-23-13(8-18(26)25(17)24-15)10-27-16-6-2-5-14(21)19(16)22/h1-9,24H,10H2. The van der Waals surface area contributed by atoms with Gasteiger partial charge in [0.25, 0.3) is 5.56 Å². The maximum Gasteiger partial charge on any atom is 0.272 e. The predicted octanol–water partition coefficient (Wildman–Crippen LogP) is 4.40. The van der Waals surface area contributed by atoms with Crippen LogP contribution < -0.4 is 5.56 Å². The number of thioether (sulfide) groups is 1. The third kappa shape index (κ3) is 3.48. The number of aromatic amines is 1. The summed E-state index contributed by atoms with van der Waals surface area (Å²) >= 11 is 1.05. The van der Waals surface area contributed by atoms with Gasteiger partial charge in [-0.1, -0.05) is 18.2 Å². The SMILES string of the molecule is O=c1cc(CSc2cccc(F)c2F)nc2cc(-c3cccc(F)c3)[nH]n12. The van der Waals surface area contributed by atoms with E-state index < -0.39 is 11.6 Å². The predicted molar refractivity (Wildman–Crippen MR) is 97.1 cm³/mol. The molecular formula is C19H12F3N3OS. The molecule has 0 aliphatic rings. The monoisotopic (exact) mass is 387 g/mol. The van der Waals surface area contributed by atoms with Crippen molar-refractivity contribution in [1.82, 2.24) is 14.6 Å². The first-order chi connectivity index (χ1) is 13.0. The van der Waals surface area contributed by atoms with Crippen LogP contribution in [0.3, 0.4) is 0 Å². The second-order valence-electron chi connectivity index (χ2n) is 5.80. The van der Waals surface area contributed by atoms with E-state index in [9.17, 15) is 18.0 Å². The first kappa shape index (κ1) is 17.4. The molecule has 0 aliphatic carbocycles. The Kier molecular flexibility index (Phi) is 4.49. The minimum Gasteiger partial charge on any atom is -0.289 e. The Morgan fingerprint density at radius 1 is 1.04 bits per heavy atom. The van der Waals surface area contributed by atoms with Crippen LogP contribution in [-0.4, -0.2) is 14.6 Å². The van der Waals surface area contributed by atoms with Gasteiger partial charge in [0.15, 0.2) is 17.3 Å². The summed E-state index contributed by atoms with van der Waals surface area (Å²) in [5, 5.41) is 2.88. The minimum atomic E-state index is -0.922. The zero-order valence-corrected chi connectivity index (χ0v) is 14.6. The average molecular weight is 387 g/mol. The van der Waals surface area contributed by atoms with E-state index in [1.54, 1.807) is 18.2 Å². The Balaban J connectivity index is 1.65. The maximum atomic E-state index is 13.7. The van der Waals surface area contributed by atoms with Gasteiger partial charge in [0.1, 0.15) is 5.82 Å². The summed E-state index contributed by atoms with van der Waals surface area (Å²) in [7, 11) is 0. The third-order valence-corrected chi connectivity index (χ3v) is 5.00. The molecule has 0 bridgehead atoms. The molecule has 0 saturated heterocycles. The van der Waals surface area contributed by atoms with Crippen LogP contribution in [0.2, 0.25) is 0 Å². The largest absolute Gasteiger partial charge is 0.289 e. The Morgan fingerprint density at radius 3 is 2.67 bits per heavy atom. The molecule has 0 unspecified atom stereocenters. The van der Waals surface area contributed by atoms with Crippen LogP contribution in [0.25, 0.3) is 16.9 Å². The summed E-state index contributed by atoms with van der Waals surface area (Å²) in [5.74, 6) is -2.03. The third-order valence-electron chi connectivity index (χ3n) is 3.93. The molecule has 0 saturated carbocycles. The van der Waals surface area contributed by atoms with Crippen molar-refractivity contribution in [1.29, 1.82) is 0 Å². The smallest absolute Gasteiger partial charge is 0.272 e. The van der Waals surface area contributed by atoms with E-state index in [-0.39, 0.29) is 22.0 Å². The fraction of sp³-hybridized carbons (Fsp3) is 0.0526. The Bertz CT molecular complexity index is 1200. The minimum absolute atomic E-state index is 0.145. The van der Waals surface area contributed by atoms with Crippen LogP contribution in [0, 0.1) is 17.5 Å². The van der Waals surface area contributed by atoms with E-state index in [0.717, 1.165) is 17.8 Å². The number of nitrogens with one attached hydrogen (secondary N) is 1. The van der Waals surface area contributed by atoms with Crippen molar-refractivity contribution < 1.29 is 13.2 Å². The summed E-state index contributed by atoms with van der Waals surface area (Å²) in [6, 6.07) is 12.8. The quantitative estimate of drug-likeness (QED) is 0.528. The summed E-state index contributed by atoms with van der Waals surface area (Å²) < 4.78 is 41.7. The lowest BCUT2D eigenvalue weighted by atomic mass is 10.1. The molecular weight excluding hydrogens is 375 g/mol. The number of rotatable bonds is 4. The second-order valence-corrected chi connectivity index (χ2v) is 6.82. The number of nitrogens with zero attached hydrogens (tertiary/aromatic N) is 2. The number of fused-ring (bicyclic) bond motifs is 1. The van der Waals surface area contributed by atoms with Crippen LogP contribution in [0.1, 0.15) is 5.69 Å². The van der Waals surface area contributed by atoms with E-state index in [0.29, 0.717) is 22.6 Å². The first-order valence-electron chi connectivity index (χ1n) is 7.96. The molecule has 4 rings (SSSR count). The van der Waals surface area contributed by atoms with Crippen LogP contribution in [0.5, 0.6) is 0 Å². The Hall–Kier alpha value is -3.00. The van der Waals surface area contributed by atoms with Crippen molar-refractivity contribution in [3.05, 3.63) is 88.1 Å². The number of hydrogen-bond donors (Lipinski definition) is 1. The number of H-pyrrole nitrogens is 1. The molecule has 0 atom stereocenters. The van der Waals surface area contributed by atoms with Gasteiger partial charge >= 0.3 is 0 Å². The van der Waals surface area contributed by atoms with Crippen molar-refractivity contribution in [2.45, 2.75) is 10.6 Å². The van der Waals surface area contributed by atoms with Gasteiger partial charge in [0.05, 0.1) is 11.4 Å². The molecule has 4 nitrogen and oxygen atoms in total. The molecule has 2 heterocycles. The van der Waals surface area contributed by atoms with Crippen molar-refractivity contribution in [2.75, 3.05) is 0 Å². The van der Waals surface area contributed by atoms with Crippen molar-refractivity contribution in [2.24, 2.45) is 0 Å². The highest BCUT2D eigenvalue weighted by atomic mass is 32.2. The summed E-state index contributed by atoms with van der Waals surface area (Å²) in [6.45, 7) is 0. The second kappa shape index (κ2) is 6.96. The molecule has 0 spiro atoms. The maximum absolute atomic E-state index is 13.7. The topological polar surface area (TPSA) is 50.2 Å². The highest BCUT2D eigenvalue weighted by Gasteiger charge is 2.11.